The Balaban J connectivity index is 2.52. The summed E-state index contributed by atoms with van der Waals surface area (Å²) in [5.74, 6) is 0. The lowest BCUT2D eigenvalue weighted by molar-refractivity contribution is 0.705. The molecule has 0 spiro atoms. The van der Waals surface area contributed by atoms with Crippen LogP contribution in [-0.2, 0) is 0 Å². The summed E-state index contributed by atoms with van der Waals surface area (Å²) in [4.78, 5) is 3.99. The van der Waals surface area contributed by atoms with Gasteiger partial charge in [0.15, 0.2) is 5.11 Å². The monoisotopic (exact) mass is 210 g/mol. The van der Waals surface area contributed by atoms with Crippen molar-refractivity contribution in [3.63, 3.8) is 0 Å². The Kier molecular flexibility index (Phi) is 3.62. The Labute approximate surface area is 86.4 Å². The largest absolute Gasteiger partial charge is 0.397 e. The molecular formula is C7H10N6S. The summed E-state index contributed by atoms with van der Waals surface area (Å²) in [6, 6.07) is 3.47. The van der Waals surface area contributed by atoms with Crippen LogP contribution < -0.4 is 22.4 Å². The lowest BCUT2D eigenvalue weighted by Crippen LogP contribution is -2.37. The number of nitrogen functional groups attached to an aromatic ring is 1. The summed E-state index contributed by atoms with van der Waals surface area (Å²) in [6.45, 7) is 0. The highest BCUT2D eigenvalue weighted by Crippen LogP contribution is 2.02. The van der Waals surface area contributed by atoms with E-state index in [9.17, 15) is 0 Å². The van der Waals surface area contributed by atoms with Crippen LogP contribution >= 0.6 is 12.2 Å². The van der Waals surface area contributed by atoms with Gasteiger partial charge in [0.2, 0.25) is 0 Å². The first-order chi connectivity index (χ1) is 6.70. The van der Waals surface area contributed by atoms with Gasteiger partial charge in [-0.15, -0.1) is 0 Å². The van der Waals surface area contributed by atoms with Gasteiger partial charge in [0, 0.05) is 6.20 Å². The molecule has 0 aliphatic rings. The number of aromatic nitrogens is 1. The van der Waals surface area contributed by atoms with E-state index in [1.54, 1.807) is 18.3 Å². The van der Waals surface area contributed by atoms with Gasteiger partial charge in [-0.1, -0.05) is 0 Å². The highest BCUT2D eigenvalue weighted by molar-refractivity contribution is 7.80. The Morgan fingerprint density at radius 1 is 1.64 bits per heavy atom. The average Bonchev–Trinajstić information content (AvgIpc) is 2.15. The van der Waals surface area contributed by atoms with E-state index < -0.39 is 0 Å². The molecule has 6 nitrogen and oxygen atoms in total. The molecule has 0 fully saturated rings. The maximum Gasteiger partial charge on any atom is 0.183 e. The molecule has 0 aliphatic heterocycles. The lowest BCUT2D eigenvalue weighted by Gasteiger charge is -2.00. The van der Waals surface area contributed by atoms with Crippen LogP contribution in [0, 0.1) is 0 Å². The van der Waals surface area contributed by atoms with Crippen molar-refractivity contribution < 1.29 is 0 Å². The summed E-state index contributed by atoms with van der Waals surface area (Å²) in [5, 5.41) is 3.85. The van der Waals surface area contributed by atoms with E-state index in [0.29, 0.717) is 11.4 Å². The molecule has 0 bridgehead atoms. The summed E-state index contributed by atoms with van der Waals surface area (Å²) < 4.78 is 0. The van der Waals surface area contributed by atoms with E-state index in [4.69, 9.17) is 11.5 Å². The number of hydrogen-bond acceptors (Lipinski definition) is 5. The first kappa shape index (κ1) is 10.2. The number of hydrogen-bond donors (Lipinski definition) is 4. The van der Waals surface area contributed by atoms with Crippen molar-refractivity contribution in [2.45, 2.75) is 0 Å². The molecule has 1 aromatic rings. The fourth-order valence-corrected chi connectivity index (χ4v) is 0.764. The molecule has 1 rings (SSSR count). The number of hydrazone groups is 1. The normalized spacial score (nSPS) is 10.0. The second-order valence-electron chi connectivity index (χ2n) is 2.34. The Hall–Kier alpha value is -1.89. The van der Waals surface area contributed by atoms with E-state index in [2.05, 4.69) is 33.3 Å². The number of hydrazine groups is 1. The minimum absolute atomic E-state index is 0.108. The van der Waals surface area contributed by atoms with Gasteiger partial charge in [0.05, 0.1) is 11.9 Å². The predicted octanol–water partition coefficient (Wildman–Crippen LogP) is -0.664. The third-order valence-electron chi connectivity index (χ3n) is 1.30. The molecule has 0 unspecified atom stereocenters. The van der Waals surface area contributed by atoms with Gasteiger partial charge in [0.25, 0.3) is 0 Å². The number of pyridine rings is 1. The fourth-order valence-electron chi connectivity index (χ4n) is 0.719. The van der Waals surface area contributed by atoms with Gasteiger partial charge in [0.1, 0.15) is 5.69 Å². The van der Waals surface area contributed by atoms with Gasteiger partial charge in [-0.2, -0.15) is 5.10 Å². The van der Waals surface area contributed by atoms with Crippen molar-refractivity contribution in [3.05, 3.63) is 24.0 Å². The van der Waals surface area contributed by atoms with Gasteiger partial charge < -0.3 is 11.5 Å². The van der Waals surface area contributed by atoms with Crippen molar-refractivity contribution in [2.24, 2.45) is 10.8 Å². The third kappa shape index (κ3) is 3.23. The molecule has 0 radical (unpaired) electrons. The van der Waals surface area contributed by atoms with Crippen LogP contribution in [0.25, 0.3) is 0 Å². The SMILES string of the molecule is NC(=S)NNN=Cc1ncccc1N. The van der Waals surface area contributed by atoms with Crippen LogP contribution in [0.5, 0.6) is 0 Å². The van der Waals surface area contributed by atoms with E-state index in [1.807, 2.05) is 0 Å². The van der Waals surface area contributed by atoms with Crippen molar-refractivity contribution in [1.82, 2.24) is 15.9 Å². The molecule has 6 N–H and O–H groups in total. The number of anilines is 1. The van der Waals surface area contributed by atoms with Gasteiger partial charge in [-0.25, -0.2) is 5.53 Å². The molecule has 0 atom stereocenters. The molecule has 74 valence electrons. The quantitative estimate of drug-likeness (QED) is 0.300. The van der Waals surface area contributed by atoms with Crippen LogP contribution in [0.4, 0.5) is 5.69 Å². The molecule has 0 aromatic carbocycles. The predicted molar refractivity (Wildman–Crippen MR) is 59.3 cm³/mol. The van der Waals surface area contributed by atoms with E-state index in [-0.39, 0.29) is 5.11 Å². The number of thiocarbonyl (C=S) groups is 1. The van der Waals surface area contributed by atoms with E-state index in [0.717, 1.165) is 0 Å². The molecule has 0 saturated heterocycles. The summed E-state index contributed by atoms with van der Waals surface area (Å²) in [6.07, 6.45) is 3.08. The summed E-state index contributed by atoms with van der Waals surface area (Å²) in [5.41, 5.74) is 16.7. The Morgan fingerprint density at radius 2 is 2.43 bits per heavy atom. The highest BCUT2D eigenvalue weighted by atomic mass is 32.1. The van der Waals surface area contributed by atoms with Gasteiger partial charge in [-0.05, 0) is 24.4 Å². The minimum atomic E-state index is 0.108. The molecule has 0 amide bonds. The summed E-state index contributed by atoms with van der Waals surface area (Å²) in [7, 11) is 0. The number of nitrogens with zero attached hydrogens (tertiary/aromatic N) is 2. The second kappa shape index (κ2) is 4.97. The molecule has 0 aliphatic carbocycles. The third-order valence-corrected chi connectivity index (χ3v) is 1.40. The molecule has 14 heavy (non-hydrogen) atoms. The van der Waals surface area contributed by atoms with Gasteiger partial charge in [-0.3, -0.25) is 10.4 Å². The molecular weight excluding hydrogens is 200 g/mol. The zero-order valence-corrected chi connectivity index (χ0v) is 8.08. The fraction of sp³-hybridized carbons (Fsp3) is 0. The first-order valence-corrected chi connectivity index (χ1v) is 4.15. The van der Waals surface area contributed by atoms with Crippen LogP contribution in [0.2, 0.25) is 0 Å². The zero-order valence-electron chi connectivity index (χ0n) is 7.27. The molecule has 1 aromatic heterocycles. The zero-order chi connectivity index (χ0) is 10.4. The first-order valence-electron chi connectivity index (χ1n) is 3.74. The van der Waals surface area contributed by atoms with Crippen molar-refractivity contribution in [2.75, 3.05) is 5.73 Å². The van der Waals surface area contributed by atoms with Crippen molar-refractivity contribution in [1.29, 1.82) is 0 Å². The van der Waals surface area contributed by atoms with Crippen molar-refractivity contribution >= 4 is 29.2 Å². The van der Waals surface area contributed by atoms with Crippen LogP contribution in [0.3, 0.4) is 0 Å². The van der Waals surface area contributed by atoms with Crippen molar-refractivity contribution in [3.8, 4) is 0 Å². The maximum atomic E-state index is 5.61. The number of nitrogens with one attached hydrogen (secondary N) is 2. The molecule has 1 heterocycles. The Morgan fingerprint density at radius 3 is 3.07 bits per heavy atom. The number of rotatable bonds is 3. The highest BCUT2D eigenvalue weighted by Gasteiger charge is 1.93. The maximum absolute atomic E-state index is 5.61. The smallest absolute Gasteiger partial charge is 0.183 e. The van der Waals surface area contributed by atoms with Gasteiger partial charge >= 0.3 is 0 Å². The minimum Gasteiger partial charge on any atom is -0.397 e. The van der Waals surface area contributed by atoms with Crippen LogP contribution in [-0.4, -0.2) is 16.3 Å². The van der Waals surface area contributed by atoms with Crippen LogP contribution in [0.1, 0.15) is 5.69 Å². The topological polar surface area (TPSA) is 101 Å². The molecule has 7 heteroatoms. The second-order valence-corrected chi connectivity index (χ2v) is 2.78. The van der Waals surface area contributed by atoms with Crippen LogP contribution in [0.15, 0.2) is 23.4 Å². The summed E-state index contributed by atoms with van der Waals surface area (Å²) >= 11 is 4.54. The average molecular weight is 210 g/mol. The standard InChI is InChI=1S/C7H10N6S/c8-5-2-1-3-10-6(5)4-11-13-12-7(9)14/h1-4,13H,8H2,(H3,9,12,14). The number of nitrogens with two attached hydrogens (primary N) is 2. The lowest BCUT2D eigenvalue weighted by atomic mass is 10.3. The van der Waals surface area contributed by atoms with E-state index in [1.165, 1.54) is 6.21 Å². The Bertz CT molecular complexity index is 350. The van der Waals surface area contributed by atoms with E-state index >= 15 is 0 Å². The molecule has 0 saturated carbocycles.